The van der Waals surface area contributed by atoms with Crippen LogP contribution in [-0.2, 0) is 4.79 Å². The number of hydrogen-bond donors (Lipinski definition) is 2. The molecule has 0 aromatic heterocycles. The second-order valence-corrected chi connectivity index (χ2v) is 6.88. The van der Waals surface area contributed by atoms with Crippen LogP contribution in [0.15, 0.2) is 48.5 Å². The highest BCUT2D eigenvalue weighted by atomic mass is 127. The number of anilines is 2. The summed E-state index contributed by atoms with van der Waals surface area (Å²) in [4.78, 5) is 11.9. The van der Waals surface area contributed by atoms with Gasteiger partial charge in [-0.05, 0) is 77.0 Å². The van der Waals surface area contributed by atoms with Crippen LogP contribution < -0.4 is 15.4 Å². The normalized spacial score (nSPS) is 10.4. The molecule has 0 aliphatic rings. The average molecular weight is 424 g/mol. The Kier molecular flexibility index (Phi) is 6.70. The van der Waals surface area contributed by atoms with Gasteiger partial charge in [-0.25, -0.2) is 0 Å². The van der Waals surface area contributed by atoms with Crippen molar-refractivity contribution in [3.63, 3.8) is 0 Å². The fraction of sp³-hybridized carbons (Fsp3) is 0.278. The molecule has 0 fully saturated rings. The van der Waals surface area contributed by atoms with Crippen molar-refractivity contribution in [2.75, 3.05) is 23.8 Å². The number of ether oxygens (including phenoxy) is 1. The van der Waals surface area contributed by atoms with Crippen molar-refractivity contribution in [1.82, 2.24) is 0 Å². The van der Waals surface area contributed by atoms with Gasteiger partial charge in [0.15, 0.2) is 0 Å². The molecule has 0 bridgehead atoms. The maximum Gasteiger partial charge on any atom is 0.243 e. The molecule has 0 heterocycles. The van der Waals surface area contributed by atoms with Crippen LogP contribution in [0.2, 0.25) is 0 Å². The van der Waals surface area contributed by atoms with Gasteiger partial charge in [-0.1, -0.05) is 13.8 Å². The number of halogens is 1. The van der Waals surface area contributed by atoms with E-state index in [0.29, 0.717) is 12.5 Å². The van der Waals surface area contributed by atoms with E-state index < -0.39 is 0 Å². The second kappa shape index (κ2) is 8.76. The van der Waals surface area contributed by atoms with Crippen LogP contribution in [0.25, 0.3) is 0 Å². The summed E-state index contributed by atoms with van der Waals surface area (Å²) in [6.07, 6.45) is 0. The van der Waals surface area contributed by atoms with Crippen molar-refractivity contribution in [2.45, 2.75) is 13.8 Å². The van der Waals surface area contributed by atoms with E-state index in [9.17, 15) is 4.79 Å². The molecule has 0 aliphatic carbocycles. The Hall–Kier alpha value is -1.76. The monoisotopic (exact) mass is 424 g/mol. The van der Waals surface area contributed by atoms with Gasteiger partial charge >= 0.3 is 0 Å². The predicted octanol–water partition coefficient (Wildman–Crippen LogP) is 4.38. The Morgan fingerprint density at radius 1 is 1.04 bits per heavy atom. The third-order valence-corrected chi connectivity index (χ3v) is 3.74. The van der Waals surface area contributed by atoms with E-state index in [1.165, 1.54) is 0 Å². The van der Waals surface area contributed by atoms with Crippen LogP contribution in [0.1, 0.15) is 13.8 Å². The maximum atomic E-state index is 11.9. The lowest BCUT2D eigenvalue weighted by molar-refractivity contribution is -0.114. The molecule has 5 heteroatoms. The Balaban J connectivity index is 1.79. The Labute approximate surface area is 150 Å². The molecule has 2 aromatic rings. The average Bonchev–Trinajstić information content (AvgIpc) is 2.53. The molecule has 0 spiro atoms. The van der Waals surface area contributed by atoms with Crippen LogP contribution in [0.3, 0.4) is 0 Å². The van der Waals surface area contributed by atoms with E-state index in [1.807, 2.05) is 48.5 Å². The molecule has 2 N–H and O–H groups in total. The molecular weight excluding hydrogens is 403 g/mol. The largest absolute Gasteiger partial charge is 0.493 e. The smallest absolute Gasteiger partial charge is 0.243 e. The van der Waals surface area contributed by atoms with Crippen molar-refractivity contribution in [1.29, 1.82) is 0 Å². The molecule has 2 aromatic carbocycles. The fourth-order valence-corrected chi connectivity index (χ4v) is 2.21. The van der Waals surface area contributed by atoms with Gasteiger partial charge in [0.05, 0.1) is 13.2 Å². The topological polar surface area (TPSA) is 50.4 Å². The number of hydrogen-bond acceptors (Lipinski definition) is 3. The molecule has 1 amide bonds. The third kappa shape index (κ3) is 6.48. The molecule has 4 nitrogen and oxygen atoms in total. The lowest BCUT2D eigenvalue weighted by Gasteiger charge is -2.10. The number of carbonyl (C=O) groups is 1. The summed E-state index contributed by atoms with van der Waals surface area (Å²) in [5.74, 6) is 1.22. The highest BCUT2D eigenvalue weighted by molar-refractivity contribution is 14.1. The summed E-state index contributed by atoms with van der Waals surface area (Å²) >= 11 is 2.25. The van der Waals surface area contributed by atoms with Gasteiger partial charge in [-0.2, -0.15) is 0 Å². The minimum atomic E-state index is -0.0839. The molecule has 0 unspecified atom stereocenters. The molecule has 0 aliphatic heterocycles. The van der Waals surface area contributed by atoms with Crippen molar-refractivity contribution < 1.29 is 9.53 Å². The number of amides is 1. The quantitative estimate of drug-likeness (QED) is 0.649. The van der Waals surface area contributed by atoms with Crippen LogP contribution >= 0.6 is 22.6 Å². The van der Waals surface area contributed by atoms with Gasteiger partial charge < -0.3 is 15.4 Å². The molecule has 122 valence electrons. The highest BCUT2D eigenvalue weighted by Gasteiger charge is 2.03. The Morgan fingerprint density at radius 3 is 2.26 bits per heavy atom. The summed E-state index contributed by atoms with van der Waals surface area (Å²) in [5, 5.41) is 5.95. The summed E-state index contributed by atoms with van der Waals surface area (Å²) in [7, 11) is 0. The van der Waals surface area contributed by atoms with E-state index in [4.69, 9.17) is 4.74 Å². The zero-order valence-corrected chi connectivity index (χ0v) is 15.5. The molecule has 0 radical (unpaired) electrons. The number of rotatable bonds is 7. The van der Waals surface area contributed by atoms with Crippen LogP contribution in [0, 0.1) is 9.49 Å². The first-order chi connectivity index (χ1) is 11.0. The zero-order chi connectivity index (χ0) is 16.7. The number of carbonyl (C=O) groups excluding carboxylic acids is 1. The number of nitrogens with one attached hydrogen (secondary N) is 2. The molecule has 0 saturated heterocycles. The second-order valence-electron chi connectivity index (χ2n) is 5.64. The molecule has 0 saturated carbocycles. The zero-order valence-electron chi connectivity index (χ0n) is 13.3. The Morgan fingerprint density at radius 2 is 1.65 bits per heavy atom. The van der Waals surface area contributed by atoms with Crippen molar-refractivity contribution in [3.05, 3.63) is 52.1 Å². The minimum absolute atomic E-state index is 0.0839. The predicted molar refractivity (Wildman–Crippen MR) is 103 cm³/mol. The maximum absolute atomic E-state index is 11.9. The Bertz CT molecular complexity index is 624. The molecule has 0 atom stereocenters. The lowest BCUT2D eigenvalue weighted by atomic mass is 10.2. The molecular formula is C18H21IN2O2. The van der Waals surface area contributed by atoms with Gasteiger partial charge in [-0.3, -0.25) is 4.79 Å². The first-order valence-electron chi connectivity index (χ1n) is 7.55. The summed E-state index contributed by atoms with van der Waals surface area (Å²) in [6.45, 7) is 5.13. The van der Waals surface area contributed by atoms with Crippen molar-refractivity contribution >= 4 is 39.9 Å². The van der Waals surface area contributed by atoms with Crippen LogP contribution in [0.4, 0.5) is 11.4 Å². The van der Waals surface area contributed by atoms with Gasteiger partial charge in [0.25, 0.3) is 0 Å². The van der Waals surface area contributed by atoms with Gasteiger partial charge in [0.1, 0.15) is 5.75 Å². The lowest BCUT2D eigenvalue weighted by Crippen LogP contribution is -2.21. The summed E-state index contributed by atoms with van der Waals surface area (Å²) in [5.41, 5.74) is 1.69. The highest BCUT2D eigenvalue weighted by Crippen LogP contribution is 2.16. The third-order valence-electron chi connectivity index (χ3n) is 3.02. The first kappa shape index (κ1) is 17.6. The van der Waals surface area contributed by atoms with Crippen LogP contribution in [-0.4, -0.2) is 19.1 Å². The summed E-state index contributed by atoms with van der Waals surface area (Å²) < 4.78 is 6.78. The standard InChI is InChI=1S/C18H21IN2O2/c1-13(2)12-23-17-9-7-16(8-10-17)21-18(22)11-20-15-5-3-14(19)4-6-15/h3-10,13,20H,11-12H2,1-2H3,(H,21,22). The van der Waals surface area contributed by atoms with Gasteiger partial charge in [0, 0.05) is 14.9 Å². The number of benzene rings is 2. The van der Waals surface area contributed by atoms with E-state index in [-0.39, 0.29) is 12.5 Å². The SMILES string of the molecule is CC(C)COc1ccc(NC(=O)CNc2ccc(I)cc2)cc1. The van der Waals surface area contributed by atoms with E-state index >= 15 is 0 Å². The molecule has 2 rings (SSSR count). The first-order valence-corrected chi connectivity index (χ1v) is 8.63. The minimum Gasteiger partial charge on any atom is -0.493 e. The fourth-order valence-electron chi connectivity index (χ4n) is 1.85. The van der Waals surface area contributed by atoms with Crippen molar-refractivity contribution in [2.24, 2.45) is 5.92 Å². The van der Waals surface area contributed by atoms with E-state index in [2.05, 4.69) is 47.1 Å². The van der Waals surface area contributed by atoms with Crippen LogP contribution in [0.5, 0.6) is 5.75 Å². The molecule has 23 heavy (non-hydrogen) atoms. The van der Waals surface area contributed by atoms with Gasteiger partial charge in [-0.15, -0.1) is 0 Å². The summed E-state index contributed by atoms with van der Waals surface area (Å²) in [6, 6.07) is 15.3. The van der Waals surface area contributed by atoms with Crippen molar-refractivity contribution in [3.8, 4) is 5.75 Å². The van der Waals surface area contributed by atoms with E-state index in [1.54, 1.807) is 0 Å². The van der Waals surface area contributed by atoms with E-state index in [0.717, 1.165) is 20.7 Å². The van der Waals surface area contributed by atoms with Gasteiger partial charge in [0.2, 0.25) is 5.91 Å².